The first-order chi connectivity index (χ1) is 68.9. The third-order valence-corrected chi connectivity index (χ3v) is 36.0. The molecule has 0 aliphatic carbocycles. The molecule has 7 saturated heterocycles. The lowest BCUT2D eigenvalue weighted by Crippen LogP contribution is -2.50. The van der Waals surface area contributed by atoms with Crippen molar-refractivity contribution in [1.82, 2.24) is 139 Å². The van der Waals surface area contributed by atoms with Crippen LogP contribution in [-0.4, -0.2) is 420 Å². The second kappa shape index (κ2) is 46.9. The van der Waals surface area contributed by atoms with Crippen molar-refractivity contribution in [2.45, 2.75) is 80.9 Å². The topological polar surface area (TPSA) is 719 Å². The lowest BCUT2D eigenvalue weighted by Gasteiger charge is -2.45. The van der Waals surface area contributed by atoms with Crippen molar-refractivity contribution in [1.29, 1.82) is 0 Å². The number of nitrogens with one attached hydrogen (secondary N) is 2. The molecule has 16 heterocycles. The number of imidazole rings is 3. The van der Waals surface area contributed by atoms with Crippen molar-refractivity contribution in [3.05, 3.63) is 120 Å². The summed E-state index contributed by atoms with van der Waals surface area (Å²) in [6.07, 6.45) is -3.19. The number of fused-ring (bicyclic) bond motifs is 3. The predicted octanol–water partition coefficient (Wildman–Crippen LogP) is -2.03. The van der Waals surface area contributed by atoms with Gasteiger partial charge in [-0.05, 0) is 68.4 Å². The van der Waals surface area contributed by atoms with E-state index in [0.29, 0.717) is 6.54 Å². The molecule has 0 bridgehead atoms. The molecule has 16 rings (SSSR count). The van der Waals surface area contributed by atoms with Crippen LogP contribution in [0.4, 0.5) is 34.0 Å². The average molecular weight is 2140 g/mol. The smallest absolute Gasteiger partial charge is 0.409 e. The lowest BCUT2D eigenvalue weighted by atomic mass is 10.3. The molecule has 0 spiro atoms. The molecule has 7 aliphatic heterocycles. The zero-order chi connectivity index (χ0) is 102. The predicted molar refractivity (Wildman–Crippen MR) is 513 cm³/mol. The molecule has 1 amide bonds. The Morgan fingerprint density at radius 2 is 0.847 bits per heavy atom. The van der Waals surface area contributed by atoms with E-state index in [1.807, 2.05) is 11.9 Å². The van der Waals surface area contributed by atoms with E-state index in [2.05, 4.69) is 59.8 Å². The summed E-state index contributed by atoms with van der Waals surface area (Å²) < 4.78 is 208. The number of aromatic nitrogens is 18. The Balaban J connectivity index is 0.617. The van der Waals surface area contributed by atoms with E-state index < -0.39 is 182 Å². The van der Waals surface area contributed by atoms with Crippen molar-refractivity contribution in [3.63, 3.8) is 0 Å². The summed E-state index contributed by atoms with van der Waals surface area (Å²) in [7, 11) is -12.0. The van der Waals surface area contributed by atoms with Gasteiger partial charge in [0.1, 0.15) is 60.6 Å². The second-order valence-electron chi connectivity index (χ2n) is 35.1. The second-order valence-corrected chi connectivity index (χ2v) is 47.3. The number of morpholine rings is 6. The van der Waals surface area contributed by atoms with Gasteiger partial charge in [-0.15, -0.1) is 0 Å². The number of aliphatic hydroxyl groups excluding tert-OH is 1. The van der Waals surface area contributed by atoms with Crippen molar-refractivity contribution in [2.75, 3.05) is 262 Å². The van der Waals surface area contributed by atoms with Gasteiger partial charge in [0.15, 0.2) is 52.8 Å². The minimum Gasteiger partial charge on any atom is -0.447 e. The Morgan fingerprint density at radius 3 is 1.31 bits per heavy atom. The van der Waals surface area contributed by atoms with E-state index in [0.717, 1.165) is 9.13 Å². The molecular weight excluding hydrogens is 2020 g/mol. The Morgan fingerprint density at radius 1 is 0.451 bits per heavy atom. The standard InChI is InChI=1S/C76H118N34O28P6/c1-47-23-107(75(116)93-70(47)112)57-31-100(140(119)129-38-52-28-103(35-61(137-52)110-46-88-64-69(110)91-72(81)92-71(64)113)143(122,95(4)5)130-39-48-24-97(8)30-56(133-48)105-11-9-54(77)89-73(105)114)25-49(134-57)36-128-141(120)101-26-50(135-58(32-101)108-44-86-62-65(79)82-42-84-67(62)108)40-131-144(123,96(6)7)104-29-53(138-60(34-104)109-45-87-63-66(80)83-43-85-68(63)109)41-132-142(121,94(2)3)102-27-51(136-59(33-102)106-12-10-55(78)90-74(106)115)37-127-139(118)99-15-13-98(14-16-99)76(117)126-22-21-125-20-19-124-18-17-111/h9-12,23,42-46,48-53,56-61,111,139-141H,13-22,24-41H2,1-8H3,(H2,77,89,114)(H2,78,90,115)(H2,79,82,84)(H2,80,83,85)(H,93,112,116)(H3,81,91,92,113). The number of aryl methyl sites for hydroxylation is 1. The Bertz CT molecular complexity index is 6570. The maximum Gasteiger partial charge on any atom is 0.409 e. The summed E-state index contributed by atoms with van der Waals surface area (Å²) >= 11 is 0. The fraction of sp³-hybridized carbons (Fsp3) is 0.632. The summed E-state index contributed by atoms with van der Waals surface area (Å²) in [4.78, 5) is 130. The number of aromatic amines is 2. The Kier molecular flexibility index (Phi) is 35.0. The quantitative estimate of drug-likeness (QED) is 0.0151. The minimum absolute atomic E-state index is 0.00410. The number of ether oxygens (including phenoxy) is 9. The normalized spacial score (nSPS) is 25.6. The number of aliphatic hydroxyl groups is 1. The molecule has 9 aromatic rings. The molecule has 13 N–H and O–H groups in total. The van der Waals surface area contributed by atoms with Crippen LogP contribution in [0.1, 0.15) is 42.9 Å². The van der Waals surface area contributed by atoms with Gasteiger partial charge in [0.25, 0.3) is 35.7 Å². The van der Waals surface area contributed by atoms with Crippen LogP contribution in [0.2, 0.25) is 0 Å². The molecule has 62 nitrogen and oxygen atoms in total. The van der Waals surface area contributed by atoms with Crippen LogP contribution in [0.15, 0.2) is 86.3 Å². The monoisotopic (exact) mass is 2140 g/mol. The molecule has 9 aromatic heterocycles. The summed E-state index contributed by atoms with van der Waals surface area (Å²) in [6, 6.07) is 2.84. The first-order valence-corrected chi connectivity index (χ1v) is 54.0. The highest BCUT2D eigenvalue weighted by atomic mass is 31.2. The number of anilines is 5. The molecule has 0 radical (unpaired) electrons. The lowest BCUT2D eigenvalue weighted by molar-refractivity contribution is -0.133. The van der Waals surface area contributed by atoms with Gasteiger partial charge in [-0.1, -0.05) is 0 Å². The van der Waals surface area contributed by atoms with E-state index in [9.17, 15) is 33.3 Å². The van der Waals surface area contributed by atoms with Crippen LogP contribution >= 0.6 is 47.5 Å². The van der Waals surface area contributed by atoms with Gasteiger partial charge in [0.2, 0.25) is 5.95 Å². The molecule has 18 unspecified atom stereocenters. The highest BCUT2D eigenvalue weighted by Crippen LogP contribution is 2.59. The first kappa shape index (κ1) is 107. The van der Waals surface area contributed by atoms with Crippen LogP contribution in [0, 0.1) is 6.92 Å². The number of amides is 1. The molecule has 18 atom stereocenters. The van der Waals surface area contributed by atoms with E-state index in [-0.39, 0.29) is 219 Å². The number of H-pyrrole nitrogens is 2. The highest BCUT2D eigenvalue weighted by molar-refractivity contribution is 7.54. The van der Waals surface area contributed by atoms with Crippen LogP contribution in [0.5, 0.6) is 0 Å². The highest BCUT2D eigenvalue weighted by Gasteiger charge is 2.50. The molecule has 790 valence electrons. The van der Waals surface area contributed by atoms with Gasteiger partial charge in [-0.25, -0.2) is 96.1 Å². The van der Waals surface area contributed by atoms with Crippen LogP contribution in [0.25, 0.3) is 33.5 Å². The zero-order valence-electron chi connectivity index (χ0n) is 79.8. The van der Waals surface area contributed by atoms with Gasteiger partial charge >= 0.3 is 46.2 Å². The zero-order valence-corrected chi connectivity index (χ0v) is 85.5. The van der Waals surface area contributed by atoms with Crippen molar-refractivity contribution in [3.8, 4) is 0 Å². The third kappa shape index (κ3) is 24.7. The first-order valence-electron chi connectivity index (χ1n) is 45.6. The maximum absolute atomic E-state index is 16.5. The third-order valence-electron chi connectivity index (χ3n) is 24.4. The average Bonchev–Trinajstić information content (AvgIpc) is 1.74. The SMILES string of the molecule is Cc1cn(C2CN([PH](=O)OCC3CN(P(=O)(OCC4CN(C)CC(n5ccc(N)nc5=O)O4)N(C)C)CC(n4cnc5c(=O)[nH]c(N)nc54)O3)CC(CO[PH](=O)N3CC(COP(=O)(N(C)C)N4CC(COP(=O)(N(C)C)N5CC(CO[PH](=O)N6CCN(C(=O)OCCOCCOCCO)CC6)OC(n6ccc(N)nc6=O)C5)OC(n5cnc6c(N)ncnc65)C4)OC(n4cnc5c(N)ncnc54)C3)O2)c(=O)[nH]c1=O. The summed E-state index contributed by atoms with van der Waals surface area (Å²) in [5.41, 5.74) is 27.6. The van der Waals surface area contributed by atoms with E-state index >= 15 is 22.8 Å². The molecule has 7 fully saturated rings. The number of hydrogen-bond acceptors (Lipinski definition) is 44. The van der Waals surface area contributed by atoms with E-state index in [4.69, 9.17) is 104 Å². The van der Waals surface area contributed by atoms with Gasteiger partial charge in [0, 0.05) is 96.1 Å². The fourth-order valence-corrected chi connectivity index (χ4v) is 26.6. The summed E-state index contributed by atoms with van der Waals surface area (Å²) in [5.74, 6) is -0.247. The summed E-state index contributed by atoms with van der Waals surface area (Å²) in [5, 5.41) is 8.91. The van der Waals surface area contributed by atoms with Gasteiger partial charge < -0.3 is 108 Å². The number of carbonyl (C=O) groups is 1. The minimum atomic E-state index is -4.43. The summed E-state index contributed by atoms with van der Waals surface area (Å²) in [6.45, 7) is -1.63. The van der Waals surface area contributed by atoms with Gasteiger partial charge in [-0.2, -0.15) is 15.0 Å². The van der Waals surface area contributed by atoms with Crippen LogP contribution < -0.4 is 56.9 Å². The van der Waals surface area contributed by atoms with E-state index in [1.54, 1.807) is 23.3 Å². The number of likely N-dealkylation sites (N-methyl/N-ethyl adjacent to an activating group) is 1. The number of nitrogen functional groups attached to an aromatic ring is 5. The molecule has 144 heavy (non-hydrogen) atoms. The Hall–Kier alpha value is -9.46. The number of carbonyl (C=O) groups excluding carboxylic acids is 1. The maximum atomic E-state index is 16.5. The molecule has 0 saturated carbocycles. The number of hydrogen-bond donors (Lipinski definition) is 8. The fourth-order valence-electron chi connectivity index (χ4n) is 17.2. The molecule has 0 aromatic carbocycles. The number of nitrogens with zero attached hydrogens (tertiary/aromatic N) is 27. The molecule has 68 heteroatoms. The van der Waals surface area contributed by atoms with Crippen molar-refractivity contribution < 1.29 is 107 Å². The Labute approximate surface area is 821 Å². The number of piperazine rings is 1. The molecule has 7 aliphatic rings. The van der Waals surface area contributed by atoms with Crippen LogP contribution in [0.3, 0.4) is 0 Å². The molecular formula is C76H118N34O28P6. The van der Waals surface area contributed by atoms with Gasteiger partial charge in [0.05, 0.1) is 161 Å². The largest absolute Gasteiger partial charge is 0.447 e. The van der Waals surface area contributed by atoms with Crippen LogP contribution in [-0.2, 0) is 97.2 Å². The number of rotatable bonds is 41. The van der Waals surface area contributed by atoms with E-state index in [1.165, 1.54) is 153 Å². The van der Waals surface area contributed by atoms with Crippen molar-refractivity contribution in [2.24, 2.45) is 0 Å². The number of nitrogens with two attached hydrogens (primary N) is 5. The van der Waals surface area contributed by atoms with Gasteiger partial charge in [-0.3, -0.25) is 79.2 Å². The van der Waals surface area contributed by atoms with Crippen molar-refractivity contribution >= 4 is 116 Å².